The molecule has 0 aromatic rings. The molecular formula is C16H34N4O6S4+2. The first kappa shape index (κ1) is 25.0. The van der Waals surface area contributed by atoms with Gasteiger partial charge in [-0.2, -0.15) is 16.8 Å². The zero-order valence-corrected chi connectivity index (χ0v) is 20.5. The van der Waals surface area contributed by atoms with Crippen molar-refractivity contribution in [3.05, 3.63) is 0 Å². The smallest absolute Gasteiger partial charge is 0.312 e. The fraction of sp³-hybridized carbons (Fsp3) is 1.00. The van der Waals surface area contributed by atoms with Crippen molar-refractivity contribution in [2.45, 2.75) is 0 Å². The summed E-state index contributed by atoms with van der Waals surface area (Å²) in [6.07, 6.45) is 0. The van der Waals surface area contributed by atoms with Gasteiger partial charge in [-0.3, -0.25) is 18.9 Å². The molecule has 0 atom stereocenters. The molecule has 10 nitrogen and oxygen atoms in total. The number of quaternary nitrogens is 2. The summed E-state index contributed by atoms with van der Waals surface area (Å²) in [5, 5.41) is 0. The van der Waals surface area contributed by atoms with E-state index in [2.05, 4.69) is 9.80 Å². The van der Waals surface area contributed by atoms with Gasteiger partial charge in [0.1, 0.15) is 26.2 Å². The maximum Gasteiger partial charge on any atom is 0.319 e. The molecule has 2 spiro atoms. The van der Waals surface area contributed by atoms with Crippen molar-refractivity contribution in [1.29, 1.82) is 0 Å². The van der Waals surface area contributed by atoms with Crippen LogP contribution in [0.2, 0.25) is 0 Å². The van der Waals surface area contributed by atoms with E-state index >= 15 is 0 Å². The first-order chi connectivity index (χ1) is 14.0. The molecule has 3 heterocycles. The number of rotatable bonds is 8. The van der Waals surface area contributed by atoms with Crippen LogP contribution in [0.25, 0.3) is 0 Å². The van der Waals surface area contributed by atoms with Gasteiger partial charge in [0.15, 0.2) is 0 Å². The predicted octanol–water partition coefficient (Wildman–Crippen LogP) is -0.663. The molecule has 176 valence electrons. The molecule has 30 heavy (non-hydrogen) atoms. The Balaban J connectivity index is 1.36. The molecule has 3 aliphatic rings. The quantitative estimate of drug-likeness (QED) is 0.250. The highest BCUT2D eigenvalue weighted by Crippen LogP contribution is 2.24. The Morgan fingerprint density at radius 3 is 1.17 bits per heavy atom. The van der Waals surface area contributed by atoms with Crippen molar-refractivity contribution in [1.82, 2.24) is 9.80 Å². The molecule has 3 aliphatic heterocycles. The third-order valence-electron chi connectivity index (χ3n) is 6.94. The molecule has 0 aromatic heterocycles. The van der Waals surface area contributed by atoms with E-state index in [1.807, 2.05) is 0 Å². The average Bonchev–Trinajstić information content (AvgIpc) is 2.66. The summed E-state index contributed by atoms with van der Waals surface area (Å²) in [5.74, 6) is 0.802. The monoisotopic (exact) mass is 506 g/mol. The molecule has 14 heteroatoms. The lowest BCUT2D eigenvalue weighted by molar-refractivity contribution is -1.03. The van der Waals surface area contributed by atoms with Crippen LogP contribution < -0.4 is 0 Å². The van der Waals surface area contributed by atoms with E-state index < -0.39 is 18.3 Å². The zero-order valence-electron chi connectivity index (χ0n) is 17.3. The third-order valence-corrected chi connectivity index (χ3v) is 11.0. The summed E-state index contributed by atoms with van der Waals surface area (Å²) in [5.41, 5.74) is 0. The summed E-state index contributed by atoms with van der Waals surface area (Å²) in [7, 11) is -6.67. The van der Waals surface area contributed by atoms with Gasteiger partial charge in [0.05, 0.1) is 26.2 Å². The molecule has 3 fully saturated rings. The Labute approximate surface area is 187 Å². The largest absolute Gasteiger partial charge is 0.319 e. The predicted molar refractivity (Wildman–Crippen MR) is 120 cm³/mol. The topological polar surface area (TPSA) is 115 Å². The van der Waals surface area contributed by atoms with Crippen LogP contribution in [0, 0.1) is 0 Å². The molecule has 0 aliphatic carbocycles. The molecule has 0 unspecified atom stereocenters. The van der Waals surface area contributed by atoms with Gasteiger partial charge in [0.2, 0.25) is 0 Å². The lowest BCUT2D eigenvalue weighted by atomic mass is 10.1. The Morgan fingerprint density at radius 2 is 0.900 bits per heavy atom. The minimum Gasteiger partial charge on any atom is -0.312 e. The Morgan fingerprint density at radius 1 is 0.600 bits per heavy atom. The van der Waals surface area contributed by atoms with Gasteiger partial charge in [-0.05, 0) is 21.6 Å². The van der Waals surface area contributed by atoms with Crippen molar-refractivity contribution in [2.24, 2.45) is 0 Å². The Kier molecular flexibility index (Phi) is 8.41. The molecule has 0 bridgehead atoms. The summed E-state index contributed by atoms with van der Waals surface area (Å²) in [6, 6.07) is 0. The van der Waals surface area contributed by atoms with Gasteiger partial charge in [-0.1, -0.05) is 0 Å². The number of hydrogen-bond acceptors (Lipinski definition) is 8. The Hall–Kier alpha value is 0.360. The minimum atomic E-state index is -3.94. The van der Waals surface area contributed by atoms with Gasteiger partial charge in [-0.15, -0.1) is 0 Å². The highest BCUT2D eigenvalue weighted by molar-refractivity contribution is 8.70. The Bertz CT molecular complexity index is 700. The van der Waals surface area contributed by atoms with E-state index in [1.165, 1.54) is 26.2 Å². The van der Waals surface area contributed by atoms with Crippen molar-refractivity contribution in [3.8, 4) is 0 Å². The fourth-order valence-corrected chi connectivity index (χ4v) is 7.62. The minimum absolute atomic E-state index is 0.401. The summed E-state index contributed by atoms with van der Waals surface area (Å²) >= 11 is 0. The first-order valence-electron chi connectivity index (χ1n) is 10.4. The lowest BCUT2D eigenvalue weighted by Crippen LogP contribution is -2.73. The normalized spacial score (nSPS) is 25.7. The molecule has 0 radical (unpaired) electrons. The molecule has 2 N–H and O–H groups in total. The summed E-state index contributed by atoms with van der Waals surface area (Å²) in [4.78, 5) is 4.59. The van der Waals surface area contributed by atoms with Crippen LogP contribution in [0.3, 0.4) is 0 Å². The van der Waals surface area contributed by atoms with Crippen molar-refractivity contribution >= 4 is 39.9 Å². The van der Waals surface area contributed by atoms with Crippen LogP contribution in [0.15, 0.2) is 0 Å². The zero-order chi connectivity index (χ0) is 21.9. The second-order valence-corrected chi connectivity index (χ2v) is 15.6. The van der Waals surface area contributed by atoms with E-state index in [9.17, 15) is 16.8 Å². The van der Waals surface area contributed by atoms with Crippen molar-refractivity contribution < 1.29 is 34.9 Å². The lowest BCUT2D eigenvalue weighted by Gasteiger charge is -2.54. The number of hydrogen-bond donors (Lipinski definition) is 2. The number of piperazine rings is 3. The van der Waals surface area contributed by atoms with E-state index in [0.29, 0.717) is 46.2 Å². The second kappa shape index (κ2) is 10.1. The van der Waals surface area contributed by atoms with E-state index in [0.717, 1.165) is 61.3 Å². The van der Waals surface area contributed by atoms with Gasteiger partial charge in [0, 0.05) is 50.8 Å². The highest BCUT2D eigenvalue weighted by atomic mass is 33.2. The van der Waals surface area contributed by atoms with Crippen molar-refractivity contribution in [2.75, 3.05) is 103 Å². The van der Waals surface area contributed by atoms with Crippen LogP contribution >= 0.6 is 21.6 Å². The molecule has 0 saturated carbocycles. The van der Waals surface area contributed by atoms with Crippen LogP contribution in [0.4, 0.5) is 0 Å². The molecular weight excluding hydrogens is 472 g/mol. The van der Waals surface area contributed by atoms with Gasteiger partial charge in [-0.25, -0.2) is 0 Å². The van der Waals surface area contributed by atoms with E-state index in [-0.39, 0.29) is 0 Å². The number of nitrogens with zero attached hydrogens (tertiary/aromatic N) is 4. The third kappa shape index (κ3) is 7.74. The standard InChI is InChI=1S/C16H32N4O6S4/c21-29(22,23)27-15-5-17-1-7-19(8-2-17)11-13-20(14-12-19)9-3-18(4-10-20)6-16-28-30(24,25)26/h1-16H2/p+2. The van der Waals surface area contributed by atoms with Gasteiger partial charge < -0.3 is 8.97 Å². The molecule has 0 amide bonds. The SMILES string of the molecule is O=S(=O)(O)SCCN1CC[N+]2(CC1)CC[N+]1(CCN(CCSS(=O)(=O)O)CC1)CC2. The molecule has 3 rings (SSSR count). The van der Waals surface area contributed by atoms with Crippen LogP contribution in [0.1, 0.15) is 0 Å². The van der Waals surface area contributed by atoms with Crippen LogP contribution in [-0.4, -0.2) is 148 Å². The van der Waals surface area contributed by atoms with Crippen LogP contribution in [0.5, 0.6) is 0 Å². The van der Waals surface area contributed by atoms with E-state index in [1.54, 1.807) is 0 Å². The fourth-order valence-electron chi connectivity index (χ4n) is 4.82. The summed E-state index contributed by atoms with van der Waals surface area (Å²) in [6.45, 7) is 14.5. The van der Waals surface area contributed by atoms with Crippen molar-refractivity contribution in [3.63, 3.8) is 0 Å². The maximum absolute atomic E-state index is 10.8. The second-order valence-electron chi connectivity index (χ2n) is 8.65. The van der Waals surface area contributed by atoms with Gasteiger partial charge in [0.25, 0.3) is 0 Å². The summed E-state index contributed by atoms with van der Waals surface area (Å²) < 4.78 is 63.3. The molecule has 3 saturated heterocycles. The van der Waals surface area contributed by atoms with Gasteiger partial charge >= 0.3 is 18.3 Å². The average molecular weight is 507 g/mol. The van der Waals surface area contributed by atoms with E-state index in [4.69, 9.17) is 9.11 Å². The maximum atomic E-state index is 10.8. The molecule has 0 aromatic carbocycles. The first-order valence-corrected chi connectivity index (χ1v) is 16.3. The van der Waals surface area contributed by atoms with Crippen LogP contribution in [-0.2, 0) is 18.3 Å². The highest BCUT2D eigenvalue weighted by Gasteiger charge is 2.44.